The SMILES string of the molecule is CC1=C(C)C(C)=C(C)/C(=C2\C(=O)C(C)=C(C)C(C)=C2C)C1=O. The lowest BCUT2D eigenvalue weighted by Gasteiger charge is -2.27. The van der Waals surface area contributed by atoms with Gasteiger partial charge in [0, 0.05) is 22.3 Å². The molecule has 0 aromatic rings. The molecule has 0 heterocycles. The van der Waals surface area contributed by atoms with Crippen LogP contribution in [-0.4, -0.2) is 11.6 Å². The molecule has 116 valence electrons. The maximum Gasteiger partial charge on any atom is 0.190 e. The van der Waals surface area contributed by atoms with Crippen molar-refractivity contribution >= 4 is 11.6 Å². The molecular formula is C20H24O2. The van der Waals surface area contributed by atoms with Crippen LogP contribution in [0.15, 0.2) is 55.7 Å². The van der Waals surface area contributed by atoms with Crippen LogP contribution in [0.25, 0.3) is 0 Å². The van der Waals surface area contributed by atoms with E-state index in [2.05, 4.69) is 0 Å². The minimum Gasteiger partial charge on any atom is -0.289 e. The Hall–Kier alpha value is -1.96. The Kier molecular flexibility index (Phi) is 3.99. The van der Waals surface area contributed by atoms with Crippen molar-refractivity contribution in [1.29, 1.82) is 0 Å². The third-order valence-corrected chi connectivity index (χ3v) is 5.51. The van der Waals surface area contributed by atoms with Gasteiger partial charge in [0.15, 0.2) is 11.6 Å². The Morgan fingerprint density at radius 1 is 0.364 bits per heavy atom. The van der Waals surface area contributed by atoms with Crippen molar-refractivity contribution in [2.75, 3.05) is 0 Å². The zero-order valence-corrected chi connectivity index (χ0v) is 14.8. The molecule has 0 saturated heterocycles. The third kappa shape index (κ3) is 2.09. The van der Waals surface area contributed by atoms with E-state index in [0.717, 1.165) is 44.6 Å². The number of carbonyl (C=O) groups is 2. The van der Waals surface area contributed by atoms with E-state index >= 15 is 0 Å². The molecule has 0 amide bonds. The zero-order valence-electron chi connectivity index (χ0n) is 14.8. The molecule has 0 atom stereocenters. The Morgan fingerprint density at radius 2 is 0.591 bits per heavy atom. The first kappa shape index (κ1) is 16.4. The highest BCUT2D eigenvalue weighted by Gasteiger charge is 2.32. The van der Waals surface area contributed by atoms with E-state index < -0.39 is 0 Å². The number of hydrogen-bond donors (Lipinski definition) is 0. The molecule has 2 aliphatic carbocycles. The Balaban J connectivity index is 2.88. The summed E-state index contributed by atoms with van der Waals surface area (Å²) in [5.74, 6) is -0.0214. The van der Waals surface area contributed by atoms with Gasteiger partial charge in [0.05, 0.1) is 0 Å². The summed E-state index contributed by atoms with van der Waals surface area (Å²) in [5.41, 5.74) is 8.77. The Bertz CT molecular complexity index is 709. The van der Waals surface area contributed by atoms with Crippen molar-refractivity contribution in [3.63, 3.8) is 0 Å². The van der Waals surface area contributed by atoms with Crippen LogP contribution < -0.4 is 0 Å². The molecule has 2 heteroatoms. The Labute approximate surface area is 133 Å². The lowest BCUT2D eigenvalue weighted by molar-refractivity contribution is -0.114. The van der Waals surface area contributed by atoms with Crippen LogP contribution in [0.2, 0.25) is 0 Å². The summed E-state index contributed by atoms with van der Waals surface area (Å²) >= 11 is 0. The van der Waals surface area contributed by atoms with Gasteiger partial charge in [-0.2, -0.15) is 0 Å². The van der Waals surface area contributed by atoms with Crippen molar-refractivity contribution in [2.45, 2.75) is 55.4 Å². The quantitative estimate of drug-likeness (QED) is 0.602. The number of ketones is 2. The second-order valence-electron chi connectivity index (χ2n) is 6.41. The monoisotopic (exact) mass is 296 g/mol. The number of allylic oxidation sites excluding steroid dienone is 10. The minimum atomic E-state index is -0.0107. The van der Waals surface area contributed by atoms with Crippen LogP contribution in [0.3, 0.4) is 0 Å². The van der Waals surface area contributed by atoms with E-state index in [9.17, 15) is 9.59 Å². The molecule has 0 aromatic heterocycles. The third-order valence-electron chi connectivity index (χ3n) is 5.51. The summed E-state index contributed by atoms with van der Waals surface area (Å²) in [4.78, 5) is 25.7. The number of carbonyl (C=O) groups excluding carboxylic acids is 2. The standard InChI is InChI=1S/C20H24O2/c1-9-11(3)15(7)19(21)17(13(9)5)18-14(6)10(2)12(4)16(8)20(18)22/h1-8H3/b18-17+. The second kappa shape index (κ2) is 5.35. The summed E-state index contributed by atoms with van der Waals surface area (Å²) in [6.07, 6.45) is 0. The first-order valence-electron chi connectivity index (χ1n) is 7.66. The molecule has 2 aliphatic rings. The fourth-order valence-electron chi connectivity index (χ4n) is 3.16. The van der Waals surface area contributed by atoms with Gasteiger partial charge in [0.25, 0.3) is 0 Å². The first-order valence-corrected chi connectivity index (χ1v) is 7.66. The summed E-state index contributed by atoms with van der Waals surface area (Å²) < 4.78 is 0. The van der Waals surface area contributed by atoms with E-state index in [0.29, 0.717) is 11.1 Å². The maximum atomic E-state index is 12.8. The molecule has 2 nitrogen and oxygen atoms in total. The van der Waals surface area contributed by atoms with Gasteiger partial charge in [-0.05, 0) is 88.8 Å². The number of rotatable bonds is 0. The number of Topliss-reactive ketones (excluding diaryl/α,β-unsaturated/α-hetero) is 2. The maximum absolute atomic E-state index is 12.8. The molecule has 0 bridgehead atoms. The molecule has 0 radical (unpaired) electrons. The highest BCUT2D eigenvalue weighted by atomic mass is 16.1. The fraction of sp³-hybridized carbons (Fsp3) is 0.400. The van der Waals surface area contributed by atoms with Crippen LogP contribution in [0.4, 0.5) is 0 Å². The molecule has 0 fully saturated rings. The first-order chi connectivity index (χ1) is 10.1. The summed E-state index contributed by atoms with van der Waals surface area (Å²) in [6, 6.07) is 0. The average Bonchev–Trinajstić information content (AvgIpc) is 2.50. The molecule has 0 aliphatic heterocycles. The lowest BCUT2D eigenvalue weighted by atomic mass is 9.75. The van der Waals surface area contributed by atoms with E-state index in [1.54, 1.807) is 0 Å². The van der Waals surface area contributed by atoms with Gasteiger partial charge >= 0.3 is 0 Å². The van der Waals surface area contributed by atoms with Crippen molar-refractivity contribution in [2.24, 2.45) is 0 Å². The average molecular weight is 296 g/mol. The van der Waals surface area contributed by atoms with Gasteiger partial charge in [-0.1, -0.05) is 0 Å². The largest absolute Gasteiger partial charge is 0.289 e. The lowest BCUT2D eigenvalue weighted by Crippen LogP contribution is -2.23. The van der Waals surface area contributed by atoms with Crippen molar-refractivity contribution in [1.82, 2.24) is 0 Å². The van der Waals surface area contributed by atoms with Crippen LogP contribution in [0.5, 0.6) is 0 Å². The summed E-state index contributed by atoms with van der Waals surface area (Å²) in [5, 5.41) is 0. The Morgan fingerprint density at radius 3 is 0.864 bits per heavy atom. The molecule has 0 spiro atoms. The van der Waals surface area contributed by atoms with Gasteiger partial charge in [0.2, 0.25) is 0 Å². The van der Waals surface area contributed by atoms with Gasteiger partial charge < -0.3 is 0 Å². The molecule has 0 aromatic carbocycles. The zero-order chi connectivity index (χ0) is 16.9. The van der Waals surface area contributed by atoms with Crippen molar-refractivity contribution < 1.29 is 9.59 Å². The fourth-order valence-corrected chi connectivity index (χ4v) is 3.16. The van der Waals surface area contributed by atoms with Crippen LogP contribution in [-0.2, 0) is 9.59 Å². The predicted molar refractivity (Wildman–Crippen MR) is 90.5 cm³/mol. The van der Waals surface area contributed by atoms with Crippen LogP contribution in [0, 0.1) is 0 Å². The van der Waals surface area contributed by atoms with Crippen LogP contribution >= 0.6 is 0 Å². The van der Waals surface area contributed by atoms with Gasteiger partial charge in [-0.25, -0.2) is 0 Å². The molecule has 2 rings (SSSR count). The van der Waals surface area contributed by atoms with Gasteiger partial charge in [-0.15, -0.1) is 0 Å². The molecular weight excluding hydrogens is 272 g/mol. The van der Waals surface area contributed by atoms with Gasteiger partial charge in [-0.3, -0.25) is 9.59 Å². The van der Waals surface area contributed by atoms with Crippen molar-refractivity contribution in [3.05, 3.63) is 55.7 Å². The van der Waals surface area contributed by atoms with Crippen LogP contribution in [0.1, 0.15) is 55.4 Å². The predicted octanol–water partition coefficient (Wildman–Crippen LogP) is 4.79. The topological polar surface area (TPSA) is 34.1 Å². The van der Waals surface area contributed by atoms with E-state index in [1.165, 1.54) is 0 Å². The molecule has 0 saturated carbocycles. The van der Waals surface area contributed by atoms with E-state index in [-0.39, 0.29) is 11.6 Å². The highest BCUT2D eigenvalue weighted by Crippen LogP contribution is 2.39. The molecule has 0 N–H and O–H groups in total. The van der Waals surface area contributed by atoms with E-state index in [4.69, 9.17) is 0 Å². The molecule has 0 unspecified atom stereocenters. The van der Waals surface area contributed by atoms with Gasteiger partial charge in [0.1, 0.15) is 0 Å². The summed E-state index contributed by atoms with van der Waals surface area (Å²) in [7, 11) is 0. The van der Waals surface area contributed by atoms with Crippen molar-refractivity contribution in [3.8, 4) is 0 Å². The smallest absolute Gasteiger partial charge is 0.190 e. The number of hydrogen-bond acceptors (Lipinski definition) is 2. The molecule has 22 heavy (non-hydrogen) atoms. The normalized spacial score (nSPS) is 24.2. The van der Waals surface area contributed by atoms with E-state index in [1.807, 2.05) is 55.4 Å². The minimum absolute atomic E-state index is 0.0107. The second-order valence-corrected chi connectivity index (χ2v) is 6.41. The highest BCUT2D eigenvalue weighted by molar-refractivity contribution is 6.23. The summed E-state index contributed by atoms with van der Waals surface area (Å²) in [6.45, 7) is 15.6.